The van der Waals surface area contributed by atoms with Gasteiger partial charge in [-0.15, -0.1) is 0 Å². The van der Waals surface area contributed by atoms with Crippen LogP contribution in [0.4, 0.5) is 11.5 Å². The standard InChI is InChI=1S/C22H28N6O2S/c1-16-14-24-15-28(16)10-3-8-26-22(31)27-18-4-5-19(29-2)20(13-18)30-11-7-17-6-9-25-21(23)12-17/h4-6,9,12-15H,3,7-8,10-11H2,1-2H3,(H2,23,25)(H2,26,27,31). The molecule has 164 valence electrons. The Morgan fingerprint density at radius 1 is 1.23 bits per heavy atom. The van der Waals surface area contributed by atoms with E-state index in [2.05, 4.69) is 25.2 Å². The quantitative estimate of drug-likeness (QED) is 0.327. The highest BCUT2D eigenvalue weighted by Crippen LogP contribution is 2.30. The van der Waals surface area contributed by atoms with Gasteiger partial charge in [0.2, 0.25) is 0 Å². The zero-order valence-electron chi connectivity index (χ0n) is 17.8. The molecule has 0 amide bonds. The van der Waals surface area contributed by atoms with Crippen molar-refractivity contribution in [3.05, 3.63) is 60.3 Å². The molecule has 1 aromatic carbocycles. The molecule has 0 saturated heterocycles. The minimum atomic E-state index is 0.486. The van der Waals surface area contributed by atoms with E-state index >= 15 is 0 Å². The van der Waals surface area contributed by atoms with E-state index in [1.54, 1.807) is 13.3 Å². The Balaban J connectivity index is 1.48. The lowest BCUT2D eigenvalue weighted by Crippen LogP contribution is -2.29. The number of nitrogen functional groups attached to an aromatic ring is 1. The molecule has 2 aromatic heterocycles. The topological polar surface area (TPSA) is 99.2 Å². The van der Waals surface area contributed by atoms with Crippen LogP contribution in [0, 0.1) is 6.92 Å². The minimum Gasteiger partial charge on any atom is -0.493 e. The summed E-state index contributed by atoms with van der Waals surface area (Å²) >= 11 is 5.41. The SMILES string of the molecule is COc1ccc(NC(=S)NCCCn2cncc2C)cc1OCCc1ccnc(N)c1. The summed E-state index contributed by atoms with van der Waals surface area (Å²) in [7, 11) is 1.62. The molecule has 0 aliphatic heterocycles. The summed E-state index contributed by atoms with van der Waals surface area (Å²) in [5.74, 6) is 1.81. The molecule has 3 rings (SSSR count). The molecular weight excluding hydrogens is 412 g/mol. The van der Waals surface area contributed by atoms with Gasteiger partial charge in [0.25, 0.3) is 0 Å². The van der Waals surface area contributed by atoms with Crippen LogP contribution >= 0.6 is 12.2 Å². The zero-order valence-corrected chi connectivity index (χ0v) is 18.6. The molecule has 3 aromatic rings. The molecule has 0 bridgehead atoms. The Hall–Kier alpha value is -3.33. The van der Waals surface area contributed by atoms with Crippen molar-refractivity contribution in [2.75, 3.05) is 31.3 Å². The maximum atomic E-state index is 5.95. The number of imidazole rings is 1. The van der Waals surface area contributed by atoms with Crippen molar-refractivity contribution in [3.8, 4) is 11.5 Å². The van der Waals surface area contributed by atoms with Crippen molar-refractivity contribution in [1.29, 1.82) is 0 Å². The molecule has 31 heavy (non-hydrogen) atoms. The summed E-state index contributed by atoms with van der Waals surface area (Å²) in [6.45, 7) is 4.19. The molecule has 4 N–H and O–H groups in total. The van der Waals surface area contributed by atoms with Crippen molar-refractivity contribution in [1.82, 2.24) is 19.9 Å². The van der Waals surface area contributed by atoms with Gasteiger partial charge in [-0.05, 0) is 55.4 Å². The number of nitrogens with two attached hydrogens (primary N) is 1. The Labute approximate surface area is 187 Å². The van der Waals surface area contributed by atoms with Crippen molar-refractivity contribution in [3.63, 3.8) is 0 Å². The van der Waals surface area contributed by atoms with E-state index in [0.29, 0.717) is 35.5 Å². The number of nitrogens with one attached hydrogen (secondary N) is 2. The van der Waals surface area contributed by atoms with Gasteiger partial charge in [-0.3, -0.25) is 0 Å². The smallest absolute Gasteiger partial charge is 0.170 e. The first-order chi connectivity index (χ1) is 15.0. The Morgan fingerprint density at radius 3 is 2.84 bits per heavy atom. The fourth-order valence-corrected chi connectivity index (χ4v) is 3.26. The van der Waals surface area contributed by atoms with Crippen molar-refractivity contribution < 1.29 is 9.47 Å². The second kappa shape index (κ2) is 11.2. The number of thiocarbonyl (C=S) groups is 1. The molecule has 0 unspecified atom stereocenters. The van der Waals surface area contributed by atoms with Crippen LogP contribution in [0.15, 0.2) is 49.1 Å². The lowest BCUT2D eigenvalue weighted by molar-refractivity contribution is 0.298. The Bertz CT molecular complexity index is 1010. The number of hydrogen-bond acceptors (Lipinski definition) is 6. The number of ether oxygens (including phenoxy) is 2. The van der Waals surface area contributed by atoms with Crippen LogP contribution in [-0.2, 0) is 13.0 Å². The van der Waals surface area contributed by atoms with Gasteiger partial charge < -0.3 is 30.4 Å². The number of pyridine rings is 1. The predicted octanol–water partition coefficient (Wildman–Crippen LogP) is 3.18. The van der Waals surface area contributed by atoms with Gasteiger partial charge in [0.15, 0.2) is 16.6 Å². The van der Waals surface area contributed by atoms with Crippen molar-refractivity contribution in [2.24, 2.45) is 0 Å². The van der Waals surface area contributed by atoms with E-state index in [4.69, 9.17) is 27.4 Å². The summed E-state index contributed by atoms with van der Waals surface area (Å²) in [6.07, 6.45) is 7.05. The van der Waals surface area contributed by atoms with E-state index in [-0.39, 0.29) is 0 Å². The molecule has 8 nitrogen and oxygen atoms in total. The van der Waals surface area contributed by atoms with Crippen LogP contribution in [0.1, 0.15) is 17.7 Å². The molecule has 0 aliphatic carbocycles. The lowest BCUT2D eigenvalue weighted by Gasteiger charge is -2.15. The van der Waals surface area contributed by atoms with Crippen LogP contribution in [0.25, 0.3) is 0 Å². The fraction of sp³-hybridized carbons (Fsp3) is 0.318. The van der Waals surface area contributed by atoms with E-state index in [1.165, 1.54) is 0 Å². The number of aryl methyl sites for hydroxylation is 2. The number of rotatable bonds is 10. The molecular formula is C22H28N6O2S. The maximum absolute atomic E-state index is 5.95. The van der Waals surface area contributed by atoms with Gasteiger partial charge in [-0.2, -0.15) is 0 Å². The maximum Gasteiger partial charge on any atom is 0.170 e. The molecule has 0 radical (unpaired) electrons. The van der Waals surface area contributed by atoms with Crippen LogP contribution in [0.2, 0.25) is 0 Å². The zero-order chi connectivity index (χ0) is 22.1. The van der Waals surface area contributed by atoms with Crippen LogP contribution in [-0.4, -0.2) is 39.9 Å². The molecule has 2 heterocycles. The number of methoxy groups -OCH3 is 1. The van der Waals surface area contributed by atoms with Gasteiger partial charge in [0.05, 0.1) is 20.0 Å². The normalized spacial score (nSPS) is 10.5. The summed E-state index contributed by atoms with van der Waals surface area (Å²) in [5.41, 5.74) is 8.77. The number of benzene rings is 1. The third-order valence-electron chi connectivity index (χ3n) is 4.70. The Morgan fingerprint density at radius 2 is 2.10 bits per heavy atom. The molecule has 0 aliphatic rings. The molecule has 0 atom stereocenters. The van der Waals surface area contributed by atoms with Gasteiger partial charge in [-0.25, -0.2) is 9.97 Å². The average Bonchev–Trinajstić information content (AvgIpc) is 3.16. The number of nitrogens with zero attached hydrogens (tertiary/aromatic N) is 3. The van der Waals surface area contributed by atoms with Gasteiger partial charge in [-0.1, -0.05) is 0 Å². The summed E-state index contributed by atoms with van der Waals surface area (Å²) in [5, 5.41) is 6.98. The molecule has 0 saturated carbocycles. The molecule has 0 fully saturated rings. The van der Waals surface area contributed by atoms with Gasteiger partial charge >= 0.3 is 0 Å². The lowest BCUT2D eigenvalue weighted by atomic mass is 10.2. The molecule has 9 heteroatoms. The second-order valence-corrected chi connectivity index (χ2v) is 7.42. The third kappa shape index (κ3) is 6.85. The van der Waals surface area contributed by atoms with Crippen molar-refractivity contribution in [2.45, 2.75) is 26.3 Å². The van der Waals surface area contributed by atoms with E-state index in [1.807, 2.05) is 49.8 Å². The average molecular weight is 441 g/mol. The monoisotopic (exact) mass is 440 g/mol. The number of aromatic nitrogens is 3. The minimum absolute atomic E-state index is 0.486. The fourth-order valence-electron chi connectivity index (χ4n) is 3.04. The van der Waals surface area contributed by atoms with Gasteiger partial charge in [0, 0.05) is 49.4 Å². The Kier molecular flexibility index (Phi) is 8.05. The first kappa shape index (κ1) is 22.4. The van der Waals surface area contributed by atoms with Crippen molar-refractivity contribution >= 4 is 28.8 Å². The summed E-state index contributed by atoms with van der Waals surface area (Å²) in [6, 6.07) is 9.40. The van der Waals surface area contributed by atoms with Crippen LogP contribution in [0.5, 0.6) is 11.5 Å². The highest BCUT2D eigenvalue weighted by atomic mass is 32.1. The summed E-state index contributed by atoms with van der Waals surface area (Å²) in [4.78, 5) is 8.13. The number of hydrogen-bond donors (Lipinski definition) is 3. The number of anilines is 2. The second-order valence-electron chi connectivity index (χ2n) is 7.02. The predicted molar refractivity (Wildman–Crippen MR) is 127 cm³/mol. The van der Waals surface area contributed by atoms with Crippen LogP contribution in [0.3, 0.4) is 0 Å². The molecule has 0 spiro atoms. The van der Waals surface area contributed by atoms with E-state index in [9.17, 15) is 0 Å². The van der Waals surface area contributed by atoms with Gasteiger partial charge in [0.1, 0.15) is 5.82 Å². The first-order valence-corrected chi connectivity index (χ1v) is 10.5. The highest BCUT2D eigenvalue weighted by Gasteiger charge is 2.08. The highest BCUT2D eigenvalue weighted by molar-refractivity contribution is 7.80. The van der Waals surface area contributed by atoms with Crippen LogP contribution < -0.4 is 25.8 Å². The summed E-state index contributed by atoms with van der Waals surface area (Å²) < 4.78 is 13.5. The van der Waals surface area contributed by atoms with E-state index in [0.717, 1.165) is 36.5 Å². The largest absolute Gasteiger partial charge is 0.493 e. The first-order valence-electron chi connectivity index (χ1n) is 10.1. The van der Waals surface area contributed by atoms with E-state index < -0.39 is 0 Å². The third-order valence-corrected chi connectivity index (χ3v) is 4.94.